The second-order valence-corrected chi connectivity index (χ2v) is 5.54. The molecule has 0 aromatic heterocycles. The second-order valence-electron chi connectivity index (χ2n) is 4.70. The normalized spacial score (nSPS) is 10.0. The number of nitrogens with one attached hydrogen (secondary N) is 2. The Labute approximate surface area is 145 Å². The van der Waals surface area contributed by atoms with E-state index < -0.39 is 0 Å². The summed E-state index contributed by atoms with van der Waals surface area (Å²) in [4.78, 5) is 11.9. The molecule has 0 saturated heterocycles. The zero-order chi connectivity index (χ0) is 16.7. The van der Waals surface area contributed by atoms with Crippen LogP contribution in [0.4, 0.5) is 5.69 Å². The molecule has 6 heteroatoms. The average Bonchev–Trinajstić information content (AvgIpc) is 2.55. The van der Waals surface area contributed by atoms with E-state index in [9.17, 15) is 4.79 Å². The third-order valence-electron chi connectivity index (χ3n) is 3.04. The molecule has 0 radical (unpaired) electrons. The molecule has 0 saturated carbocycles. The first-order valence-electron chi connectivity index (χ1n) is 7.15. The summed E-state index contributed by atoms with van der Waals surface area (Å²) in [7, 11) is 0. The monoisotopic (exact) mass is 348 g/mol. The summed E-state index contributed by atoms with van der Waals surface area (Å²) in [6, 6.07) is 14.6. The first kappa shape index (κ1) is 17.2. The largest absolute Gasteiger partial charge is 0.462 e. The number of hydrogen-bond donors (Lipinski definition) is 2. The molecule has 2 rings (SSSR count). The number of rotatable bonds is 5. The van der Waals surface area contributed by atoms with E-state index in [2.05, 4.69) is 10.6 Å². The standard InChI is InChI=1S/C17H17ClN2O2S/c1-2-22-16(21)14-5-3-4-6-15(14)20-17(23)19-11-12-7-9-13(18)10-8-12/h3-10H,2,11H2,1H3,(H2,19,20,23). The molecular formula is C17H17ClN2O2S. The van der Waals surface area contributed by atoms with Crippen LogP contribution in [0, 0.1) is 0 Å². The van der Waals surface area contributed by atoms with E-state index >= 15 is 0 Å². The first-order chi connectivity index (χ1) is 11.1. The van der Waals surface area contributed by atoms with Gasteiger partial charge in [-0.05, 0) is 49.0 Å². The summed E-state index contributed by atoms with van der Waals surface area (Å²) < 4.78 is 5.04. The molecule has 0 spiro atoms. The van der Waals surface area contributed by atoms with E-state index in [0.29, 0.717) is 34.5 Å². The average molecular weight is 349 g/mol. The topological polar surface area (TPSA) is 50.4 Å². The van der Waals surface area contributed by atoms with Gasteiger partial charge in [-0.15, -0.1) is 0 Å². The first-order valence-corrected chi connectivity index (χ1v) is 7.94. The minimum Gasteiger partial charge on any atom is -0.462 e. The molecule has 0 heterocycles. The van der Waals surface area contributed by atoms with Crippen molar-refractivity contribution in [3.63, 3.8) is 0 Å². The van der Waals surface area contributed by atoms with Crippen LogP contribution in [0.15, 0.2) is 48.5 Å². The molecule has 23 heavy (non-hydrogen) atoms. The van der Waals surface area contributed by atoms with Gasteiger partial charge in [-0.1, -0.05) is 35.9 Å². The van der Waals surface area contributed by atoms with E-state index in [1.165, 1.54) is 0 Å². The van der Waals surface area contributed by atoms with E-state index in [4.69, 9.17) is 28.6 Å². The number of hydrogen-bond acceptors (Lipinski definition) is 3. The van der Waals surface area contributed by atoms with Crippen LogP contribution in [0.5, 0.6) is 0 Å². The van der Waals surface area contributed by atoms with Gasteiger partial charge in [0.25, 0.3) is 0 Å². The Kier molecular flexibility index (Phi) is 6.38. The van der Waals surface area contributed by atoms with Crippen LogP contribution in [0.1, 0.15) is 22.8 Å². The molecule has 0 atom stereocenters. The number of benzene rings is 2. The molecule has 0 bridgehead atoms. The van der Waals surface area contributed by atoms with Crippen LogP contribution in [-0.4, -0.2) is 17.7 Å². The maximum Gasteiger partial charge on any atom is 0.340 e. The molecule has 0 aliphatic heterocycles. The molecule has 0 aliphatic rings. The van der Waals surface area contributed by atoms with E-state index in [1.54, 1.807) is 25.1 Å². The predicted octanol–water partition coefficient (Wildman–Crippen LogP) is 4.00. The van der Waals surface area contributed by atoms with Gasteiger partial charge in [0, 0.05) is 11.6 Å². The van der Waals surface area contributed by atoms with Crippen molar-refractivity contribution >= 4 is 40.6 Å². The van der Waals surface area contributed by atoms with Crippen molar-refractivity contribution in [3.05, 3.63) is 64.7 Å². The lowest BCUT2D eigenvalue weighted by molar-refractivity contribution is 0.0527. The van der Waals surface area contributed by atoms with Gasteiger partial charge in [0.15, 0.2) is 5.11 Å². The third kappa shape index (κ3) is 5.23. The van der Waals surface area contributed by atoms with Gasteiger partial charge >= 0.3 is 5.97 Å². The van der Waals surface area contributed by atoms with Gasteiger partial charge in [0.2, 0.25) is 0 Å². The number of para-hydroxylation sites is 1. The Morgan fingerprint density at radius 2 is 1.87 bits per heavy atom. The van der Waals surface area contributed by atoms with Crippen LogP contribution in [0.25, 0.3) is 0 Å². The van der Waals surface area contributed by atoms with Crippen molar-refractivity contribution in [2.45, 2.75) is 13.5 Å². The van der Waals surface area contributed by atoms with Crippen molar-refractivity contribution in [1.82, 2.24) is 5.32 Å². The minimum atomic E-state index is -0.379. The van der Waals surface area contributed by atoms with Crippen molar-refractivity contribution in [3.8, 4) is 0 Å². The number of thiocarbonyl (C=S) groups is 1. The van der Waals surface area contributed by atoms with Crippen molar-refractivity contribution < 1.29 is 9.53 Å². The molecule has 2 aromatic carbocycles. The van der Waals surface area contributed by atoms with Gasteiger partial charge in [-0.25, -0.2) is 4.79 Å². The molecule has 120 valence electrons. The fourth-order valence-electron chi connectivity index (χ4n) is 1.93. The summed E-state index contributed by atoms with van der Waals surface area (Å²) in [5.41, 5.74) is 2.11. The molecular weight excluding hydrogens is 332 g/mol. The fourth-order valence-corrected chi connectivity index (χ4v) is 2.24. The number of anilines is 1. The lowest BCUT2D eigenvalue weighted by atomic mass is 10.2. The zero-order valence-electron chi connectivity index (χ0n) is 12.6. The molecule has 0 fully saturated rings. The van der Waals surface area contributed by atoms with Gasteiger partial charge in [-0.3, -0.25) is 0 Å². The number of carbonyl (C=O) groups is 1. The zero-order valence-corrected chi connectivity index (χ0v) is 14.2. The lowest BCUT2D eigenvalue weighted by Gasteiger charge is -2.13. The second kappa shape index (κ2) is 8.50. The summed E-state index contributed by atoms with van der Waals surface area (Å²) >= 11 is 11.1. The maximum absolute atomic E-state index is 11.9. The van der Waals surface area contributed by atoms with Crippen molar-refractivity contribution in [2.24, 2.45) is 0 Å². The number of ether oxygens (including phenoxy) is 1. The van der Waals surface area contributed by atoms with E-state index in [0.717, 1.165) is 5.56 Å². The summed E-state index contributed by atoms with van der Waals surface area (Å²) in [6.45, 7) is 2.66. The van der Waals surface area contributed by atoms with Crippen molar-refractivity contribution in [1.29, 1.82) is 0 Å². The van der Waals surface area contributed by atoms with Gasteiger partial charge in [-0.2, -0.15) is 0 Å². The smallest absolute Gasteiger partial charge is 0.340 e. The van der Waals surface area contributed by atoms with E-state index in [-0.39, 0.29) is 5.97 Å². The van der Waals surface area contributed by atoms with Gasteiger partial charge < -0.3 is 15.4 Å². The fraction of sp³-hybridized carbons (Fsp3) is 0.176. The lowest BCUT2D eigenvalue weighted by Crippen LogP contribution is -2.28. The van der Waals surface area contributed by atoms with Crippen LogP contribution >= 0.6 is 23.8 Å². The molecule has 0 unspecified atom stereocenters. The highest BCUT2D eigenvalue weighted by Crippen LogP contribution is 2.16. The minimum absolute atomic E-state index is 0.326. The quantitative estimate of drug-likeness (QED) is 0.631. The number of carbonyl (C=O) groups excluding carboxylic acids is 1. The van der Waals surface area contributed by atoms with Crippen LogP contribution < -0.4 is 10.6 Å². The summed E-state index contributed by atoms with van der Waals surface area (Å²) in [5.74, 6) is -0.379. The highest BCUT2D eigenvalue weighted by Gasteiger charge is 2.12. The van der Waals surface area contributed by atoms with Gasteiger partial charge in [0.1, 0.15) is 0 Å². The van der Waals surface area contributed by atoms with Crippen LogP contribution in [0.2, 0.25) is 5.02 Å². The summed E-state index contributed by atoms with van der Waals surface area (Å²) in [6.07, 6.45) is 0. The molecule has 0 amide bonds. The Morgan fingerprint density at radius 1 is 1.17 bits per heavy atom. The van der Waals surface area contributed by atoms with Crippen molar-refractivity contribution in [2.75, 3.05) is 11.9 Å². The number of esters is 1. The molecule has 2 aromatic rings. The van der Waals surface area contributed by atoms with Crippen LogP contribution in [0.3, 0.4) is 0 Å². The Hall–Kier alpha value is -2.11. The maximum atomic E-state index is 11.9. The van der Waals surface area contributed by atoms with E-state index in [1.807, 2.05) is 30.3 Å². The highest BCUT2D eigenvalue weighted by molar-refractivity contribution is 7.80. The molecule has 0 aliphatic carbocycles. The summed E-state index contributed by atoms with van der Waals surface area (Å²) in [5, 5.41) is 7.23. The molecule has 2 N–H and O–H groups in total. The highest BCUT2D eigenvalue weighted by atomic mass is 35.5. The van der Waals surface area contributed by atoms with Crippen LogP contribution in [-0.2, 0) is 11.3 Å². The Balaban J connectivity index is 1.97. The molecule has 4 nitrogen and oxygen atoms in total. The third-order valence-corrected chi connectivity index (χ3v) is 3.54. The van der Waals surface area contributed by atoms with Gasteiger partial charge in [0.05, 0.1) is 17.9 Å². The Bertz CT molecular complexity index is 689. The Morgan fingerprint density at radius 3 is 2.57 bits per heavy atom. The SMILES string of the molecule is CCOC(=O)c1ccccc1NC(=S)NCc1ccc(Cl)cc1. The number of halogens is 1. The predicted molar refractivity (Wildman–Crippen MR) is 96.9 cm³/mol.